The van der Waals surface area contributed by atoms with Crippen LogP contribution >= 0.6 is 0 Å². The van der Waals surface area contributed by atoms with Crippen LogP contribution in [0.25, 0.3) is 0 Å². The molecule has 0 spiro atoms. The first-order chi connectivity index (χ1) is 16.9. The number of para-hydroxylation sites is 2. The highest BCUT2D eigenvalue weighted by Gasteiger charge is 2.20. The molecule has 36 heavy (non-hydrogen) atoms. The molecule has 0 unspecified atom stereocenters. The highest BCUT2D eigenvalue weighted by atomic mass is 16.6. The summed E-state index contributed by atoms with van der Waals surface area (Å²) >= 11 is 0. The molecule has 0 bridgehead atoms. The third-order valence-electron chi connectivity index (χ3n) is 4.60. The summed E-state index contributed by atoms with van der Waals surface area (Å²) in [6, 6.07) is 11.4. The first-order valence-electron chi connectivity index (χ1n) is 11.2. The molecular formula is C24H32N7O5+. The van der Waals surface area contributed by atoms with Gasteiger partial charge in [0, 0.05) is 6.07 Å². The van der Waals surface area contributed by atoms with Crippen molar-refractivity contribution in [1.82, 2.24) is 5.43 Å². The maximum absolute atomic E-state index is 13.2. The molecule has 0 aliphatic rings. The number of nitrogens with one attached hydrogen (secondary N) is 3. The molecule has 192 valence electrons. The third-order valence-corrected chi connectivity index (χ3v) is 4.60. The summed E-state index contributed by atoms with van der Waals surface area (Å²) in [5.41, 5.74) is 5.88. The highest BCUT2D eigenvalue weighted by molar-refractivity contribution is 6.68. The van der Waals surface area contributed by atoms with Crippen LogP contribution < -0.4 is 20.9 Å². The van der Waals surface area contributed by atoms with E-state index in [0.29, 0.717) is 28.1 Å². The van der Waals surface area contributed by atoms with Gasteiger partial charge >= 0.3 is 0 Å². The lowest BCUT2D eigenvalue weighted by Crippen LogP contribution is -2.43. The van der Waals surface area contributed by atoms with Crippen molar-refractivity contribution in [2.24, 2.45) is 10.2 Å². The van der Waals surface area contributed by atoms with Gasteiger partial charge in [-0.05, 0) is 44.5 Å². The molecule has 0 heterocycles. The minimum atomic E-state index is -0.661. The number of amides is 2. The summed E-state index contributed by atoms with van der Waals surface area (Å²) in [5, 5.41) is 22.3. The van der Waals surface area contributed by atoms with Gasteiger partial charge in [-0.3, -0.25) is 25.1 Å². The van der Waals surface area contributed by atoms with E-state index in [1.807, 2.05) is 28.1 Å². The molecule has 0 aliphatic heterocycles. The highest BCUT2D eigenvalue weighted by Crippen LogP contribution is 2.26. The summed E-state index contributed by atoms with van der Waals surface area (Å²) in [6.07, 6.45) is 0. The Hall–Kier alpha value is -4.32. The van der Waals surface area contributed by atoms with Crippen LogP contribution in [0, 0.1) is 17.0 Å². The number of benzene rings is 2. The molecule has 2 amide bonds. The van der Waals surface area contributed by atoms with Crippen LogP contribution in [0.5, 0.6) is 5.75 Å². The number of rotatable bonds is 11. The average Bonchev–Trinajstić information content (AvgIpc) is 2.79. The lowest BCUT2D eigenvalue weighted by molar-refractivity contribution is -0.862. The summed E-state index contributed by atoms with van der Waals surface area (Å²) in [6.45, 7) is 5.59. The third kappa shape index (κ3) is 8.47. The van der Waals surface area contributed by atoms with Gasteiger partial charge in [-0.15, -0.1) is 0 Å². The van der Waals surface area contributed by atoms with E-state index in [4.69, 9.17) is 4.74 Å². The van der Waals surface area contributed by atoms with Crippen molar-refractivity contribution in [2.75, 3.05) is 45.0 Å². The van der Waals surface area contributed by atoms with Crippen LogP contribution in [-0.4, -0.2) is 66.9 Å². The van der Waals surface area contributed by atoms with E-state index in [2.05, 4.69) is 26.4 Å². The van der Waals surface area contributed by atoms with E-state index < -0.39 is 10.8 Å². The summed E-state index contributed by atoms with van der Waals surface area (Å²) in [5.74, 6) is -0.558. The summed E-state index contributed by atoms with van der Waals surface area (Å²) in [4.78, 5) is 36.3. The second kappa shape index (κ2) is 12.4. The fraction of sp³-hybridized carbons (Fsp3) is 0.333. The van der Waals surface area contributed by atoms with Crippen molar-refractivity contribution in [3.8, 4) is 5.75 Å². The maximum Gasteiger partial charge on any atom is 0.295 e. The Bertz CT molecular complexity index is 1190. The van der Waals surface area contributed by atoms with Crippen LogP contribution in [-0.2, 0) is 9.59 Å². The minimum absolute atomic E-state index is 0.0819. The lowest BCUT2D eigenvalue weighted by Gasteiger charge is -2.22. The second-order valence-electron chi connectivity index (χ2n) is 8.91. The van der Waals surface area contributed by atoms with Crippen molar-refractivity contribution < 1.29 is 23.7 Å². The predicted molar refractivity (Wildman–Crippen MR) is 139 cm³/mol. The summed E-state index contributed by atoms with van der Waals surface area (Å²) < 4.78 is 5.94. The average molecular weight is 499 g/mol. The summed E-state index contributed by atoms with van der Waals surface area (Å²) in [7, 11) is 5.56. The van der Waals surface area contributed by atoms with Gasteiger partial charge in [-0.25, -0.2) is 5.43 Å². The Kier molecular flexibility index (Phi) is 9.62. The van der Waals surface area contributed by atoms with Gasteiger partial charge in [-0.2, -0.15) is 10.2 Å². The fourth-order valence-electron chi connectivity index (χ4n) is 3.00. The normalized spacial score (nSPS) is 12.1. The van der Waals surface area contributed by atoms with Crippen molar-refractivity contribution in [1.29, 1.82) is 0 Å². The fourth-order valence-corrected chi connectivity index (χ4v) is 3.00. The first kappa shape index (κ1) is 27.9. The number of nitrogens with zero attached hydrogens (tertiary/aromatic N) is 4. The van der Waals surface area contributed by atoms with E-state index in [-0.39, 0.29) is 35.3 Å². The maximum atomic E-state index is 13.2. The van der Waals surface area contributed by atoms with Crippen molar-refractivity contribution in [3.05, 3.63) is 58.1 Å². The Labute approximate surface area is 209 Å². The molecule has 0 aliphatic carbocycles. The molecule has 0 radical (unpaired) electrons. The predicted octanol–water partition coefficient (Wildman–Crippen LogP) is 2.91. The molecule has 0 saturated heterocycles. The molecule has 2 rings (SSSR count). The Morgan fingerprint density at radius 3 is 2.42 bits per heavy atom. The van der Waals surface area contributed by atoms with Gasteiger partial charge < -0.3 is 14.5 Å². The zero-order valence-electron chi connectivity index (χ0n) is 21.3. The van der Waals surface area contributed by atoms with Gasteiger partial charge in [0.2, 0.25) is 0 Å². The lowest BCUT2D eigenvalue weighted by atomic mass is 10.2. The van der Waals surface area contributed by atoms with Gasteiger partial charge in [0.25, 0.3) is 17.5 Å². The number of nitro groups is 1. The van der Waals surface area contributed by atoms with Crippen molar-refractivity contribution in [3.63, 3.8) is 0 Å². The van der Waals surface area contributed by atoms with Gasteiger partial charge in [0.1, 0.15) is 11.4 Å². The molecule has 2 aromatic carbocycles. The van der Waals surface area contributed by atoms with E-state index in [0.717, 1.165) is 0 Å². The first-order valence-corrected chi connectivity index (χ1v) is 11.2. The van der Waals surface area contributed by atoms with Crippen LogP contribution in [0.15, 0.2) is 52.7 Å². The Balaban J connectivity index is 2.40. The number of carbonyl (C=O) groups excluding carboxylic acids is 2. The zero-order chi connectivity index (χ0) is 26.9. The second-order valence-corrected chi connectivity index (χ2v) is 8.91. The number of nitro benzene ring substituents is 1. The standard InChI is InChI=1S/C24H31N7O5/c1-7-36-21-11-9-8-10-19(21)25-24(33)23(17(3)26-28-22(32)15-31(4,5)6)29-27-18-13-12-16(2)14-20(18)30(34)35/h8-14H,7,15H2,1-6H3,(H2-,25,26,27,28,29,32,33)/p+1. The van der Waals surface area contributed by atoms with Gasteiger partial charge in [0.15, 0.2) is 12.3 Å². The number of hydrogen-bond acceptors (Lipinski definition) is 8. The quantitative estimate of drug-likeness (QED) is 0.188. The van der Waals surface area contributed by atoms with Crippen LogP contribution in [0.1, 0.15) is 19.4 Å². The van der Waals surface area contributed by atoms with E-state index >= 15 is 0 Å². The molecule has 12 nitrogen and oxygen atoms in total. The molecule has 0 saturated carbocycles. The smallest absolute Gasteiger partial charge is 0.295 e. The molecule has 0 atom stereocenters. The van der Waals surface area contributed by atoms with Crippen LogP contribution in [0.4, 0.5) is 17.1 Å². The van der Waals surface area contributed by atoms with Crippen molar-refractivity contribution in [2.45, 2.75) is 20.8 Å². The Morgan fingerprint density at radius 2 is 1.78 bits per heavy atom. The molecule has 2 aromatic rings. The number of likely N-dealkylation sites (N-methyl/N-ethyl adjacent to an activating group) is 1. The molecule has 0 aromatic heterocycles. The van der Waals surface area contributed by atoms with Gasteiger partial charge in [-0.1, -0.05) is 18.2 Å². The topological polar surface area (TPSA) is 147 Å². The SMILES string of the molecule is CCOc1ccccc1NC(=O)C(=N\Nc1ccc(C)cc1[N+](=O)[O-])/C(C)=N/NC(=O)C[N+](C)(C)C. The molecular weight excluding hydrogens is 466 g/mol. The van der Waals surface area contributed by atoms with E-state index in [1.165, 1.54) is 19.1 Å². The van der Waals surface area contributed by atoms with Gasteiger partial charge in [0.05, 0.1) is 44.1 Å². The molecule has 3 N–H and O–H groups in total. The minimum Gasteiger partial charge on any atom is -0.492 e. The molecule has 0 fully saturated rings. The largest absolute Gasteiger partial charge is 0.492 e. The number of ether oxygens (including phenoxy) is 1. The number of quaternary nitrogens is 1. The number of hydrogen-bond donors (Lipinski definition) is 3. The number of aryl methyl sites for hydroxylation is 1. The van der Waals surface area contributed by atoms with Crippen molar-refractivity contribution >= 4 is 40.3 Å². The molecule has 12 heteroatoms. The van der Waals surface area contributed by atoms with E-state index in [9.17, 15) is 19.7 Å². The van der Waals surface area contributed by atoms with Crippen LogP contribution in [0.3, 0.4) is 0 Å². The number of hydrazone groups is 2. The number of carbonyl (C=O) groups is 2. The van der Waals surface area contributed by atoms with E-state index in [1.54, 1.807) is 37.3 Å². The zero-order valence-corrected chi connectivity index (χ0v) is 21.3. The monoisotopic (exact) mass is 498 g/mol. The Morgan fingerprint density at radius 1 is 1.08 bits per heavy atom. The van der Waals surface area contributed by atoms with Crippen LogP contribution in [0.2, 0.25) is 0 Å². The number of anilines is 2.